The van der Waals surface area contributed by atoms with Crippen LogP contribution in [0.25, 0.3) is 10.1 Å². The number of hydrogen-bond acceptors (Lipinski definition) is 3. The van der Waals surface area contributed by atoms with Crippen molar-refractivity contribution >= 4 is 21.4 Å². The smallest absolute Gasteiger partial charge is 0.120 e. The van der Waals surface area contributed by atoms with Crippen LogP contribution in [-0.4, -0.2) is 19.3 Å². The Morgan fingerprint density at radius 2 is 1.76 bits per heavy atom. The third-order valence-corrected chi connectivity index (χ3v) is 9.31. The van der Waals surface area contributed by atoms with Crippen LogP contribution in [0.2, 0.25) is 0 Å². The van der Waals surface area contributed by atoms with Gasteiger partial charge in [-0.3, -0.25) is 0 Å². The molecule has 2 aromatic rings. The highest BCUT2D eigenvalue weighted by molar-refractivity contribution is 7.19. The van der Waals surface area contributed by atoms with Crippen LogP contribution in [0.5, 0.6) is 5.75 Å². The van der Waals surface area contributed by atoms with E-state index in [0.29, 0.717) is 18.4 Å². The molecule has 2 nitrogen and oxygen atoms in total. The van der Waals surface area contributed by atoms with Gasteiger partial charge in [0.15, 0.2) is 0 Å². The fraction of sp³-hybridized carbons (Fsp3) is 0.677. The van der Waals surface area contributed by atoms with Crippen molar-refractivity contribution in [2.24, 2.45) is 23.7 Å². The lowest BCUT2D eigenvalue weighted by molar-refractivity contribution is 0.0332. The quantitative estimate of drug-likeness (QED) is 0.263. The van der Waals surface area contributed by atoms with Crippen LogP contribution in [0.3, 0.4) is 0 Å². The summed E-state index contributed by atoms with van der Waals surface area (Å²) in [5.74, 6) is 4.65. The normalized spacial score (nSPS) is 22.6. The average Bonchev–Trinajstić information content (AvgIpc) is 3.28. The SMILES string of the molecule is CCOc1ccc2cc(C3CCC(/C=C/C(C)CCC(C)C(C)CCC(C)CC)OC3)sc2c1. The Morgan fingerprint density at radius 1 is 1.00 bits per heavy atom. The Kier molecular flexibility index (Phi) is 11.0. The minimum atomic E-state index is 0.282. The molecule has 34 heavy (non-hydrogen) atoms. The second-order valence-corrected chi connectivity index (χ2v) is 12.0. The number of rotatable bonds is 13. The molecular formula is C31H48O2S. The van der Waals surface area contributed by atoms with E-state index in [1.54, 1.807) is 0 Å². The van der Waals surface area contributed by atoms with Crippen molar-refractivity contribution in [3.05, 3.63) is 41.3 Å². The summed E-state index contributed by atoms with van der Waals surface area (Å²) in [5, 5.41) is 1.32. The third-order valence-electron chi connectivity index (χ3n) is 8.05. The lowest BCUT2D eigenvalue weighted by Gasteiger charge is -2.27. The van der Waals surface area contributed by atoms with Gasteiger partial charge in [0.25, 0.3) is 0 Å². The lowest BCUT2D eigenvalue weighted by atomic mass is 9.84. The molecule has 2 heterocycles. The summed E-state index contributed by atoms with van der Waals surface area (Å²) in [4.78, 5) is 1.45. The molecule has 1 aromatic heterocycles. The minimum absolute atomic E-state index is 0.282. The van der Waals surface area contributed by atoms with Gasteiger partial charge in [-0.15, -0.1) is 11.3 Å². The zero-order chi connectivity index (χ0) is 24.5. The predicted octanol–water partition coefficient (Wildman–Crippen LogP) is 9.63. The maximum Gasteiger partial charge on any atom is 0.120 e. The van der Waals surface area contributed by atoms with E-state index in [2.05, 4.69) is 71.0 Å². The first-order valence-corrected chi connectivity index (χ1v) is 14.7. The van der Waals surface area contributed by atoms with Gasteiger partial charge in [-0.1, -0.05) is 66.0 Å². The molecule has 1 saturated heterocycles. The third kappa shape index (κ3) is 8.12. The van der Waals surface area contributed by atoms with Gasteiger partial charge in [0.1, 0.15) is 5.75 Å². The van der Waals surface area contributed by atoms with E-state index < -0.39 is 0 Å². The van der Waals surface area contributed by atoms with Crippen molar-refractivity contribution in [1.29, 1.82) is 0 Å². The van der Waals surface area contributed by atoms with Gasteiger partial charge in [-0.2, -0.15) is 0 Å². The van der Waals surface area contributed by atoms with Crippen LogP contribution in [0.1, 0.15) is 97.3 Å². The number of thiophene rings is 1. The molecule has 1 aliphatic heterocycles. The van der Waals surface area contributed by atoms with Crippen molar-refractivity contribution in [2.75, 3.05) is 13.2 Å². The van der Waals surface area contributed by atoms with E-state index >= 15 is 0 Å². The zero-order valence-corrected chi connectivity index (χ0v) is 23.3. The molecule has 1 aromatic carbocycles. The van der Waals surface area contributed by atoms with Crippen LogP contribution in [0, 0.1) is 23.7 Å². The van der Waals surface area contributed by atoms with E-state index in [-0.39, 0.29) is 6.10 Å². The van der Waals surface area contributed by atoms with Gasteiger partial charge in [0.2, 0.25) is 0 Å². The lowest BCUT2D eigenvalue weighted by Crippen LogP contribution is -2.22. The maximum absolute atomic E-state index is 6.28. The summed E-state index contributed by atoms with van der Waals surface area (Å²) < 4.78 is 13.3. The second kappa shape index (κ2) is 13.7. The molecule has 0 aliphatic carbocycles. The summed E-state index contributed by atoms with van der Waals surface area (Å²) in [6.45, 7) is 15.6. The average molecular weight is 485 g/mol. The molecule has 6 atom stereocenters. The monoisotopic (exact) mass is 484 g/mol. The van der Waals surface area contributed by atoms with E-state index in [0.717, 1.165) is 36.5 Å². The second-order valence-electron chi connectivity index (χ2n) is 10.9. The maximum atomic E-state index is 6.28. The molecular weight excluding hydrogens is 436 g/mol. The number of fused-ring (bicyclic) bond motifs is 1. The van der Waals surface area contributed by atoms with Crippen molar-refractivity contribution in [3.8, 4) is 5.75 Å². The highest BCUT2D eigenvalue weighted by atomic mass is 32.1. The summed E-state index contributed by atoms with van der Waals surface area (Å²) in [6.07, 6.45) is 14.1. The summed E-state index contributed by atoms with van der Waals surface area (Å²) in [6, 6.07) is 8.80. The standard InChI is InChI=1S/C31H48O2S/c1-7-22(3)9-12-24(5)25(6)13-10-23(4)11-16-28-17-15-27(21-33-28)30-19-26-14-18-29(32-8-2)20-31(26)34-30/h11,14,16,18-20,22-25,27-28H,7-10,12-13,15,17,21H2,1-6H3/b16-11+. The van der Waals surface area contributed by atoms with Crippen molar-refractivity contribution in [2.45, 2.75) is 98.5 Å². The number of benzene rings is 1. The Morgan fingerprint density at radius 3 is 2.44 bits per heavy atom. The highest BCUT2D eigenvalue weighted by Gasteiger charge is 2.23. The summed E-state index contributed by atoms with van der Waals surface area (Å²) in [5.41, 5.74) is 0. The first-order chi connectivity index (χ1) is 16.4. The highest BCUT2D eigenvalue weighted by Crippen LogP contribution is 2.37. The summed E-state index contributed by atoms with van der Waals surface area (Å²) in [7, 11) is 0. The molecule has 0 N–H and O–H groups in total. The van der Waals surface area contributed by atoms with Crippen molar-refractivity contribution in [3.63, 3.8) is 0 Å². The van der Waals surface area contributed by atoms with Crippen LogP contribution in [0.4, 0.5) is 0 Å². The Labute approximate surface area is 213 Å². The van der Waals surface area contributed by atoms with Crippen LogP contribution in [-0.2, 0) is 4.74 Å². The van der Waals surface area contributed by atoms with Crippen LogP contribution in [0.15, 0.2) is 36.4 Å². The van der Waals surface area contributed by atoms with E-state index in [4.69, 9.17) is 9.47 Å². The fourth-order valence-corrected chi connectivity index (χ4v) is 6.11. The van der Waals surface area contributed by atoms with E-state index in [1.165, 1.54) is 53.5 Å². The number of allylic oxidation sites excluding steroid dienone is 1. The van der Waals surface area contributed by atoms with Crippen LogP contribution < -0.4 is 4.74 Å². The van der Waals surface area contributed by atoms with Gasteiger partial charge in [-0.25, -0.2) is 0 Å². The molecule has 0 spiro atoms. The van der Waals surface area contributed by atoms with Crippen molar-refractivity contribution in [1.82, 2.24) is 0 Å². The molecule has 0 saturated carbocycles. The molecule has 3 heteroatoms. The molecule has 6 unspecified atom stereocenters. The fourth-order valence-electron chi connectivity index (χ4n) is 4.89. The molecule has 0 bridgehead atoms. The van der Waals surface area contributed by atoms with Crippen LogP contribution >= 0.6 is 11.3 Å². The largest absolute Gasteiger partial charge is 0.494 e. The molecule has 1 aliphatic rings. The number of ether oxygens (including phenoxy) is 2. The zero-order valence-electron chi connectivity index (χ0n) is 22.5. The number of hydrogen-bond donors (Lipinski definition) is 0. The van der Waals surface area contributed by atoms with Gasteiger partial charge in [0.05, 0.1) is 19.3 Å². The molecule has 190 valence electrons. The first-order valence-electron chi connectivity index (χ1n) is 13.9. The first kappa shape index (κ1) is 27.3. The molecule has 1 fully saturated rings. The van der Waals surface area contributed by atoms with Gasteiger partial charge in [0, 0.05) is 15.5 Å². The van der Waals surface area contributed by atoms with E-state index in [1.807, 2.05) is 18.3 Å². The van der Waals surface area contributed by atoms with E-state index in [9.17, 15) is 0 Å². The predicted molar refractivity (Wildman–Crippen MR) is 149 cm³/mol. The summed E-state index contributed by atoms with van der Waals surface area (Å²) >= 11 is 1.90. The Bertz CT molecular complexity index is 877. The Balaban J connectivity index is 1.40. The van der Waals surface area contributed by atoms with Gasteiger partial charge < -0.3 is 9.47 Å². The topological polar surface area (TPSA) is 18.5 Å². The Hall–Kier alpha value is -1.32. The van der Waals surface area contributed by atoms with Crippen molar-refractivity contribution < 1.29 is 9.47 Å². The molecule has 0 radical (unpaired) electrons. The molecule has 0 amide bonds. The van der Waals surface area contributed by atoms with Gasteiger partial charge in [-0.05, 0) is 85.9 Å². The van der Waals surface area contributed by atoms with Gasteiger partial charge >= 0.3 is 0 Å². The minimum Gasteiger partial charge on any atom is -0.494 e. The molecule has 3 rings (SSSR count).